The van der Waals surface area contributed by atoms with Crippen molar-refractivity contribution in [2.75, 3.05) is 20.2 Å². The van der Waals surface area contributed by atoms with Crippen LogP contribution in [0.25, 0.3) is 11.1 Å². The van der Waals surface area contributed by atoms with Crippen LogP contribution < -0.4 is 10.6 Å². The first kappa shape index (κ1) is 20.5. The smallest absolute Gasteiger partial charge is 0.322 e. The third-order valence-corrected chi connectivity index (χ3v) is 5.09. The van der Waals surface area contributed by atoms with Crippen molar-refractivity contribution in [3.8, 4) is 11.1 Å². The number of nitrogens with one attached hydrogen (secondary N) is 2. The van der Waals surface area contributed by atoms with Gasteiger partial charge < -0.3 is 20.4 Å². The second-order valence-electron chi connectivity index (χ2n) is 7.16. The van der Waals surface area contributed by atoms with Gasteiger partial charge in [-0.05, 0) is 35.7 Å². The zero-order valence-electron chi connectivity index (χ0n) is 16.2. The quantitative estimate of drug-likeness (QED) is 0.543. The topological polar surface area (TPSA) is 119 Å². The highest BCUT2D eigenvalue weighted by atomic mass is 16.3. The molecule has 0 saturated carbocycles. The van der Waals surface area contributed by atoms with Gasteiger partial charge in [-0.15, -0.1) is 0 Å². The summed E-state index contributed by atoms with van der Waals surface area (Å²) in [5, 5.41) is 24.1. The summed E-state index contributed by atoms with van der Waals surface area (Å²) in [6, 6.07) is 13.4. The highest BCUT2D eigenvalue weighted by Crippen LogP contribution is 2.30. The fourth-order valence-electron chi connectivity index (χ4n) is 3.22. The molecule has 152 valence electrons. The number of urea groups is 1. The minimum Gasteiger partial charge on any atom is -0.395 e. The lowest BCUT2D eigenvalue weighted by Gasteiger charge is -2.27. The average Bonchev–Trinajstić information content (AvgIpc) is 2.99. The van der Waals surface area contributed by atoms with E-state index >= 15 is 0 Å². The van der Waals surface area contributed by atoms with E-state index in [9.17, 15) is 19.5 Å². The van der Waals surface area contributed by atoms with E-state index in [1.807, 2.05) is 12.1 Å². The summed E-state index contributed by atoms with van der Waals surface area (Å²) in [7, 11) is 1.63. The van der Waals surface area contributed by atoms with Crippen molar-refractivity contribution in [2.45, 2.75) is 18.6 Å². The largest absolute Gasteiger partial charge is 0.395 e. The van der Waals surface area contributed by atoms with Gasteiger partial charge in [0.25, 0.3) is 11.8 Å². The monoisotopic (exact) mass is 397 g/mol. The molecule has 8 nitrogen and oxygen atoms in total. The van der Waals surface area contributed by atoms with Crippen LogP contribution in [0.2, 0.25) is 0 Å². The molecule has 1 fully saturated rings. The number of imide groups is 1. The molecule has 0 radical (unpaired) electrons. The van der Waals surface area contributed by atoms with Crippen molar-refractivity contribution in [2.24, 2.45) is 0 Å². The molecule has 4 amide bonds. The summed E-state index contributed by atoms with van der Waals surface area (Å²) in [4.78, 5) is 37.1. The summed E-state index contributed by atoms with van der Waals surface area (Å²) in [5.74, 6) is -0.750. The van der Waals surface area contributed by atoms with Gasteiger partial charge in [0, 0.05) is 19.2 Å². The van der Waals surface area contributed by atoms with Gasteiger partial charge in [0.2, 0.25) is 0 Å². The molecule has 2 unspecified atom stereocenters. The second kappa shape index (κ2) is 8.02. The molecule has 0 bridgehead atoms. The number of amides is 4. The Hall–Kier alpha value is -3.23. The Morgan fingerprint density at radius 3 is 2.10 bits per heavy atom. The molecule has 2 atom stereocenters. The zero-order valence-corrected chi connectivity index (χ0v) is 16.2. The van der Waals surface area contributed by atoms with Gasteiger partial charge in [0.05, 0.1) is 6.61 Å². The first-order chi connectivity index (χ1) is 13.8. The predicted octanol–water partition coefficient (Wildman–Crippen LogP) is 1.05. The number of aliphatic hydroxyl groups is 2. The highest BCUT2D eigenvalue weighted by Gasteiger charge is 2.48. The normalized spacial score (nSPS) is 19.4. The summed E-state index contributed by atoms with van der Waals surface area (Å²) in [6.07, 6.45) is -1.20. The van der Waals surface area contributed by atoms with Crippen LogP contribution in [-0.2, 0) is 4.79 Å². The van der Waals surface area contributed by atoms with Gasteiger partial charge in [0.15, 0.2) is 0 Å². The standard InChI is InChI=1S/C21H23N3O5/c1-21(19(28)22-20(29)23-21)17(26)15-7-3-13(4-8-15)14-5-9-16(10-6-14)18(27)24(2)11-12-25/h3-10,17,25-26H,11-12H2,1-2H3,(H2,22,23,28,29). The number of rotatable bonds is 6. The summed E-state index contributed by atoms with van der Waals surface area (Å²) < 4.78 is 0. The number of hydrogen-bond donors (Lipinski definition) is 4. The van der Waals surface area contributed by atoms with E-state index in [1.165, 1.54) is 11.8 Å². The van der Waals surface area contributed by atoms with Crippen LogP contribution in [0.3, 0.4) is 0 Å². The number of benzene rings is 2. The van der Waals surface area contributed by atoms with E-state index in [4.69, 9.17) is 5.11 Å². The van der Waals surface area contributed by atoms with Crippen LogP contribution in [0.1, 0.15) is 28.9 Å². The van der Waals surface area contributed by atoms with Crippen molar-refractivity contribution >= 4 is 17.8 Å². The van der Waals surface area contributed by atoms with Gasteiger partial charge >= 0.3 is 6.03 Å². The molecule has 1 saturated heterocycles. The molecule has 0 aliphatic carbocycles. The lowest BCUT2D eigenvalue weighted by Crippen LogP contribution is -2.49. The Labute approximate surface area is 168 Å². The molecule has 1 aliphatic rings. The summed E-state index contributed by atoms with van der Waals surface area (Å²) >= 11 is 0. The first-order valence-corrected chi connectivity index (χ1v) is 9.14. The molecule has 0 spiro atoms. The molecule has 2 aromatic carbocycles. The van der Waals surface area contributed by atoms with Gasteiger partial charge in [-0.2, -0.15) is 0 Å². The van der Waals surface area contributed by atoms with Crippen LogP contribution in [0, 0.1) is 0 Å². The number of carbonyl (C=O) groups excluding carboxylic acids is 3. The zero-order chi connectivity index (χ0) is 21.2. The lowest BCUT2D eigenvalue weighted by atomic mass is 9.88. The van der Waals surface area contributed by atoms with Crippen molar-refractivity contribution in [1.82, 2.24) is 15.5 Å². The fraction of sp³-hybridized carbons (Fsp3) is 0.286. The Morgan fingerprint density at radius 2 is 1.62 bits per heavy atom. The maximum Gasteiger partial charge on any atom is 0.322 e. The molecule has 29 heavy (non-hydrogen) atoms. The molecular formula is C21H23N3O5. The Morgan fingerprint density at radius 1 is 1.07 bits per heavy atom. The number of hydrogen-bond acceptors (Lipinski definition) is 5. The predicted molar refractivity (Wildman–Crippen MR) is 106 cm³/mol. The van der Waals surface area contributed by atoms with Crippen LogP contribution in [0.15, 0.2) is 48.5 Å². The van der Waals surface area contributed by atoms with Gasteiger partial charge in [-0.1, -0.05) is 36.4 Å². The molecule has 8 heteroatoms. The minimum atomic E-state index is -1.43. The number of likely N-dealkylation sites (N-methyl/N-ethyl adjacent to an activating group) is 1. The number of carbonyl (C=O) groups is 3. The molecule has 1 heterocycles. The molecule has 0 aromatic heterocycles. The highest BCUT2D eigenvalue weighted by molar-refractivity contribution is 6.07. The van der Waals surface area contributed by atoms with E-state index in [2.05, 4.69) is 10.6 Å². The molecule has 3 rings (SSSR count). The van der Waals surface area contributed by atoms with E-state index in [-0.39, 0.29) is 19.1 Å². The minimum absolute atomic E-state index is 0.0943. The number of nitrogens with zero attached hydrogens (tertiary/aromatic N) is 1. The third-order valence-electron chi connectivity index (χ3n) is 5.09. The average molecular weight is 397 g/mol. The molecule has 1 aliphatic heterocycles. The maximum atomic E-state index is 12.2. The summed E-state index contributed by atoms with van der Waals surface area (Å²) in [5.41, 5.74) is 1.33. The second-order valence-corrected chi connectivity index (χ2v) is 7.16. The van der Waals surface area contributed by atoms with Crippen molar-refractivity contribution in [3.63, 3.8) is 0 Å². The van der Waals surface area contributed by atoms with Crippen molar-refractivity contribution < 1.29 is 24.6 Å². The van der Waals surface area contributed by atoms with Crippen molar-refractivity contribution in [1.29, 1.82) is 0 Å². The first-order valence-electron chi connectivity index (χ1n) is 9.14. The maximum absolute atomic E-state index is 12.2. The van der Waals surface area contributed by atoms with Crippen LogP contribution in [-0.4, -0.2) is 58.7 Å². The van der Waals surface area contributed by atoms with Gasteiger partial charge in [-0.25, -0.2) is 4.79 Å². The fourth-order valence-corrected chi connectivity index (χ4v) is 3.22. The Kier molecular flexibility index (Phi) is 5.67. The van der Waals surface area contributed by atoms with Gasteiger partial charge in [0.1, 0.15) is 11.6 Å². The van der Waals surface area contributed by atoms with E-state index < -0.39 is 23.6 Å². The molecular weight excluding hydrogens is 374 g/mol. The van der Waals surface area contributed by atoms with Crippen molar-refractivity contribution in [3.05, 3.63) is 59.7 Å². The van der Waals surface area contributed by atoms with Crippen LogP contribution >= 0.6 is 0 Å². The molecule has 4 N–H and O–H groups in total. The Balaban J connectivity index is 1.76. The van der Waals surface area contributed by atoms with Gasteiger partial charge in [-0.3, -0.25) is 14.9 Å². The Bertz CT molecular complexity index is 926. The SMILES string of the molecule is CN(CCO)C(=O)c1ccc(-c2ccc(C(O)C3(C)NC(=O)NC3=O)cc2)cc1. The van der Waals surface area contributed by atoms with E-state index in [0.29, 0.717) is 11.1 Å². The van der Waals surface area contributed by atoms with Crippen LogP contribution in [0.4, 0.5) is 4.79 Å². The van der Waals surface area contributed by atoms with E-state index in [0.717, 1.165) is 11.1 Å². The molecule has 2 aromatic rings. The lowest BCUT2D eigenvalue weighted by molar-refractivity contribution is -0.127. The third kappa shape index (κ3) is 3.98. The van der Waals surface area contributed by atoms with E-state index in [1.54, 1.807) is 43.4 Å². The van der Waals surface area contributed by atoms with Crippen LogP contribution in [0.5, 0.6) is 0 Å². The number of aliphatic hydroxyl groups excluding tert-OH is 2. The summed E-state index contributed by atoms with van der Waals surface area (Å²) in [6.45, 7) is 1.64.